The maximum atomic E-state index is 13.2. The smallest absolute Gasteiger partial charge is 0.343 e. The van der Waals surface area contributed by atoms with Crippen molar-refractivity contribution in [2.75, 3.05) is 10.2 Å². The van der Waals surface area contributed by atoms with Crippen molar-refractivity contribution in [3.05, 3.63) is 112 Å². The van der Waals surface area contributed by atoms with Crippen LogP contribution in [0.5, 0.6) is 5.75 Å². The molecule has 0 spiro atoms. The topological polar surface area (TPSA) is 75.7 Å². The minimum absolute atomic E-state index is 0.0454. The largest absolute Gasteiger partial charge is 0.421 e. The fourth-order valence-corrected chi connectivity index (χ4v) is 4.14. The quantitative estimate of drug-likeness (QED) is 0.201. The number of carbonyl (C=O) groups is 3. The number of anilines is 2. The number of para-hydroxylation sites is 1. The molecule has 0 fully saturated rings. The Hall–Kier alpha value is -4.13. The van der Waals surface area contributed by atoms with Crippen molar-refractivity contribution in [1.29, 1.82) is 0 Å². The molecular weight excluding hydrogens is 487 g/mol. The normalized spacial score (nSPS) is 13.5. The predicted octanol–water partition coefficient (Wildman–Crippen LogP) is 6.15. The van der Waals surface area contributed by atoms with Crippen molar-refractivity contribution < 1.29 is 19.1 Å². The molecule has 0 radical (unpaired) electrons. The predicted molar refractivity (Wildman–Crippen MR) is 136 cm³/mol. The van der Waals surface area contributed by atoms with E-state index in [2.05, 4.69) is 5.32 Å². The molecule has 0 saturated carbocycles. The Morgan fingerprint density at radius 2 is 1.46 bits per heavy atom. The van der Waals surface area contributed by atoms with Crippen LogP contribution in [0.1, 0.15) is 10.4 Å². The van der Waals surface area contributed by atoms with E-state index in [9.17, 15) is 14.4 Å². The molecule has 8 heteroatoms. The molecule has 0 bridgehead atoms. The van der Waals surface area contributed by atoms with Gasteiger partial charge in [0.2, 0.25) is 0 Å². The molecule has 5 rings (SSSR count). The average molecular weight is 503 g/mol. The lowest BCUT2D eigenvalue weighted by molar-refractivity contribution is -0.120. The Bertz CT molecular complexity index is 1520. The lowest BCUT2D eigenvalue weighted by Gasteiger charge is -2.17. The van der Waals surface area contributed by atoms with Crippen LogP contribution < -0.4 is 15.0 Å². The number of amides is 2. The van der Waals surface area contributed by atoms with Gasteiger partial charge in [0.15, 0.2) is 0 Å². The Morgan fingerprint density at radius 3 is 2.23 bits per heavy atom. The summed E-state index contributed by atoms with van der Waals surface area (Å²) in [5, 5.41) is 4.65. The summed E-state index contributed by atoms with van der Waals surface area (Å²) in [6, 6.07) is 25.7. The highest BCUT2D eigenvalue weighted by Gasteiger charge is 2.39. The van der Waals surface area contributed by atoms with Crippen LogP contribution in [0.4, 0.5) is 11.4 Å². The van der Waals surface area contributed by atoms with Crippen molar-refractivity contribution in [3.63, 3.8) is 0 Å². The molecule has 172 valence electrons. The van der Waals surface area contributed by atoms with E-state index in [0.717, 1.165) is 15.7 Å². The number of benzene rings is 4. The molecule has 1 heterocycles. The molecule has 0 atom stereocenters. The summed E-state index contributed by atoms with van der Waals surface area (Å²) >= 11 is 12.3. The maximum Gasteiger partial charge on any atom is 0.343 e. The molecule has 0 unspecified atom stereocenters. The molecular formula is C27H16Cl2N2O4. The zero-order chi connectivity index (χ0) is 24.5. The van der Waals surface area contributed by atoms with Crippen LogP contribution in [-0.4, -0.2) is 17.8 Å². The third kappa shape index (κ3) is 4.25. The minimum Gasteiger partial charge on any atom is -0.421 e. The van der Waals surface area contributed by atoms with Crippen molar-refractivity contribution in [2.45, 2.75) is 0 Å². The lowest BCUT2D eigenvalue weighted by atomic mass is 10.1. The first-order valence-corrected chi connectivity index (χ1v) is 11.3. The first-order valence-electron chi connectivity index (χ1n) is 10.5. The van der Waals surface area contributed by atoms with Gasteiger partial charge in [0.25, 0.3) is 11.8 Å². The van der Waals surface area contributed by atoms with E-state index in [-0.39, 0.29) is 22.0 Å². The summed E-state index contributed by atoms with van der Waals surface area (Å²) in [4.78, 5) is 39.6. The number of fused-ring (bicyclic) bond motifs is 1. The molecule has 35 heavy (non-hydrogen) atoms. The van der Waals surface area contributed by atoms with Crippen LogP contribution in [0.3, 0.4) is 0 Å². The maximum absolute atomic E-state index is 13.2. The van der Waals surface area contributed by atoms with Crippen LogP contribution in [0, 0.1) is 0 Å². The van der Waals surface area contributed by atoms with E-state index in [1.165, 1.54) is 12.1 Å². The number of imide groups is 1. The zero-order valence-electron chi connectivity index (χ0n) is 18.0. The summed E-state index contributed by atoms with van der Waals surface area (Å²) in [5.41, 5.74) is 1.15. The first kappa shape index (κ1) is 22.7. The number of carbonyl (C=O) groups excluding carboxylic acids is 3. The highest BCUT2D eigenvalue weighted by atomic mass is 35.5. The van der Waals surface area contributed by atoms with E-state index in [1.54, 1.807) is 48.5 Å². The van der Waals surface area contributed by atoms with Crippen molar-refractivity contribution in [2.24, 2.45) is 0 Å². The molecule has 0 aliphatic carbocycles. The Kier molecular flexibility index (Phi) is 5.99. The van der Waals surface area contributed by atoms with Crippen molar-refractivity contribution in [1.82, 2.24) is 0 Å². The number of esters is 1. The number of ether oxygens (including phenoxy) is 1. The fraction of sp³-hybridized carbons (Fsp3) is 0. The SMILES string of the molecule is O=C(Oc1ccccc1Cl)c1ccc(NC2=C(Cl)C(=O)N(c3cccc4ccccc34)C2=O)cc1. The Morgan fingerprint density at radius 1 is 0.771 bits per heavy atom. The van der Waals surface area contributed by atoms with Gasteiger partial charge >= 0.3 is 5.97 Å². The first-order chi connectivity index (χ1) is 16.9. The summed E-state index contributed by atoms with van der Waals surface area (Å²) in [6.45, 7) is 0. The van der Waals surface area contributed by atoms with Gasteiger partial charge < -0.3 is 10.1 Å². The second-order valence-corrected chi connectivity index (χ2v) is 8.44. The van der Waals surface area contributed by atoms with Gasteiger partial charge in [-0.15, -0.1) is 0 Å². The molecule has 4 aromatic rings. The van der Waals surface area contributed by atoms with Gasteiger partial charge in [-0.3, -0.25) is 9.59 Å². The van der Waals surface area contributed by atoms with E-state index in [0.29, 0.717) is 16.4 Å². The van der Waals surface area contributed by atoms with Gasteiger partial charge in [0.1, 0.15) is 16.5 Å². The van der Waals surface area contributed by atoms with E-state index < -0.39 is 17.8 Å². The highest BCUT2D eigenvalue weighted by Crippen LogP contribution is 2.34. The van der Waals surface area contributed by atoms with Gasteiger partial charge in [0.05, 0.1) is 16.3 Å². The molecule has 0 saturated heterocycles. The summed E-state index contributed by atoms with van der Waals surface area (Å²) < 4.78 is 5.32. The number of halogens is 2. The van der Waals surface area contributed by atoms with Gasteiger partial charge in [0, 0.05) is 11.1 Å². The van der Waals surface area contributed by atoms with Crippen LogP contribution in [0.2, 0.25) is 5.02 Å². The van der Waals surface area contributed by atoms with Gasteiger partial charge in [-0.2, -0.15) is 0 Å². The van der Waals surface area contributed by atoms with Crippen LogP contribution >= 0.6 is 23.2 Å². The Labute approximate surface area is 210 Å². The highest BCUT2D eigenvalue weighted by molar-refractivity contribution is 6.53. The lowest BCUT2D eigenvalue weighted by Crippen LogP contribution is -2.32. The van der Waals surface area contributed by atoms with Crippen LogP contribution in [-0.2, 0) is 9.59 Å². The number of nitrogens with one attached hydrogen (secondary N) is 1. The monoisotopic (exact) mass is 502 g/mol. The fourth-order valence-electron chi connectivity index (χ4n) is 3.75. The minimum atomic E-state index is -0.615. The average Bonchev–Trinajstić information content (AvgIpc) is 3.08. The molecule has 2 amide bonds. The molecule has 1 aliphatic rings. The second kappa shape index (κ2) is 9.25. The van der Waals surface area contributed by atoms with E-state index >= 15 is 0 Å². The van der Waals surface area contributed by atoms with Crippen molar-refractivity contribution >= 4 is 63.1 Å². The van der Waals surface area contributed by atoms with Crippen molar-refractivity contribution in [3.8, 4) is 5.75 Å². The summed E-state index contributed by atoms with van der Waals surface area (Å²) in [5.74, 6) is -1.52. The molecule has 0 aromatic heterocycles. The molecule has 1 aliphatic heterocycles. The van der Waals surface area contributed by atoms with E-state index in [1.807, 2.05) is 30.3 Å². The van der Waals surface area contributed by atoms with Crippen LogP contribution in [0.25, 0.3) is 10.8 Å². The second-order valence-electron chi connectivity index (χ2n) is 7.66. The summed E-state index contributed by atoms with van der Waals surface area (Å²) in [7, 11) is 0. The summed E-state index contributed by atoms with van der Waals surface area (Å²) in [6.07, 6.45) is 0. The van der Waals surface area contributed by atoms with Crippen LogP contribution in [0.15, 0.2) is 102 Å². The standard InChI is InChI=1S/C27H16Cl2N2O4/c28-20-9-3-4-11-22(20)35-27(34)17-12-14-18(15-13-17)30-24-23(29)25(32)31(26(24)33)21-10-5-7-16-6-1-2-8-19(16)21/h1-15,30H. The molecule has 6 nitrogen and oxygen atoms in total. The number of rotatable bonds is 5. The number of hydrogen-bond acceptors (Lipinski definition) is 5. The third-order valence-electron chi connectivity index (χ3n) is 5.46. The third-order valence-corrected chi connectivity index (χ3v) is 6.13. The van der Waals surface area contributed by atoms with E-state index in [4.69, 9.17) is 27.9 Å². The molecule has 1 N–H and O–H groups in total. The van der Waals surface area contributed by atoms with Gasteiger partial charge in [-0.05, 0) is 47.9 Å². The molecule has 4 aromatic carbocycles. The van der Waals surface area contributed by atoms with Gasteiger partial charge in [-0.1, -0.05) is 71.7 Å². The number of hydrogen-bond donors (Lipinski definition) is 1. The Balaban J connectivity index is 1.35. The number of nitrogens with zero attached hydrogens (tertiary/aromatic N) is 1. The van der Waals surface area contributed by atoms with Gasteiger partial charge in [-0.25, -0.2) is 9.69 Å². The zero-order valence-corrected chi connectivity index (χ0v) is 19.5.